The molecule has 1 aliphatic rings. The summed E-state index contributed by atoms with van der Waals surface area (Å²) < 4.78 is 0. The number of nitrogens with zero attached hydrogens (tertiary/aromatic N) is 1. The normalized spacial score (nSPS) is 16.4. The van der Waals surface area contributed by atoms with Crippen molar-refractivity contribution in [2.24, 2.45) is 0 Å². The molecule has 1 amide bonds. The summed E-state index contributed by atoms with van der Waals surface area (Å²) in [5.74, 6) is -1.56. The fourth-order valence-corrected chi connectivity index (χ4v) is 3.10. The molecule has 2 heterocycles. The molecule has 1 aromatic heterocycles. The van der Waals surface area contributed by atoms with E-state index in [1.165, 1.54) is 11.8 Å². The van der Waals surface area contributed by atoms with Crippen LogP contribution in [0.15, 0.2) is 33.9 Å². The van der Waals surface area contributed by atoms with E-state index in [9.17, 15) is 24.3 Å². The molecule has 0 spiro atoms. The van der Waals surface area contributed by atoms with Gasteiger partial charge in [0.2, 0.25) is 5.91 Å². The Hall–Kier alpha value is -3.16. The number of rotatable bonds is 3. The van der Waals surface area contributed by atoms with E-state index in [1.807, 2.05) is 24.3 Å². The first-order valence-corrected chi connectivity index (χ1v) is 7.78. The molecule has 0 aliphatic carbocycles. The maximum Gasteiger partial charge on any atom is 0.326 e. The number of aromatic nitrogens is 2. The van der Waals surface area contributed by atoms with E-state index in [0.29, 0.717) is 5.69 Å². The molecule has 0 radical (unpaired) electrons. The van der Waals surface area contributed by atoms with E-state index in [-0.39, 0.29) is 24.9 Å². The van der Waals surface area contributed by atoms with Crippen LogP contribution in [0.4, 0.5) is 0 Å². The van der Waals surface area contributed by atoms with Crippen molar-refractivity contribution in [2.75, 3.05) is 0 Å². The predicted molar refractivity (Wildman–Crippen MR) is 88.2 cm³/mol. The number of carboxylic acids is 1. The minimum Gasteiger partial charge on any atom is -0.480 e. The van der Waals surface area contributed by atoms with E-state index in [2.05, 4.69) is 9.97 Å². The molecule has 130 valence electrons. The molecule has 1 atom stereocenters. The molecule has 1 aromatic carbocycles. The van der Waals surface area contributed by atoms with Gasteiger partial charge in [-0.3, -0.25) is 14.6 Å². The monoisotopic (exact) mass is 343 g/mol. The highest BCUT2D eigenvalue weighted by molar-refractivity contribution is 5.85. The van der Waals surface area contributed by atoms with Crippen LogP contribution in [0.5, 0.6) is 0 Å². The maximum absolute atomic E-state index is 12.7. The second-order valence-electron chi connectivity index (χ2n) is 6.04. The number of aryl methyl sites for hydroxylation is 1. The summed E-state index contributed by atoms with van der Waals surface area (Å²) in [5.41, 5.74) is 0.935. The fraction of sp³-hybridized carbons (Fsp3) is 0.294. The third-order valence-electron chi connectivity index (χ3n) is 4.44. The lowest BCUT2D eigenvalue weighted by atomic mass is 9.93. The number of carboxylic acid groups (broad SMARTS) is 1. The van der Waals surface area contributed by atoms with Gasteiger partial charge >= 0.3 is 11.7 Å². The van der Waals surface area contributed by atoms with Crippen molar-refractivity contribution in [3.8, 4) is 0 Å². The van der Waals surface area contributed by atoms with E-state index >= 15 is 0 Å². The number of benzene rings is 1. The van der Waals surface area contributed by atoms with Crippen molar-refractivity contribution in [1.29, 1.82) is 0 Å². The molecule has 3 N–H and O–H groups in total. The summed E-state index contributed by atoms with van der Waals surface area (Å²) in [6.45, 7) is 1.70. The Morgan fingerprint density at radius 2 is 1.88 bits per heavy atom. The van der Waals surface area contributed by atoms with Gasteiger partial charge in [0.1, 0.15) is 6.04 Å². The minimum absolute atomic E-state index is 0.132. The number of hydrogen-bond donors (Lipinski definition) is 3. The molecule has 8 nitrogen and oxygen atoms in total. The average Bonchev–Trinajstić information content (AvgIpc) is 2.56. The summed E-state index contributed by atoms with van der Waals surface area (Å²) >= 11 is 0. The number of carbonyl (C=O) groups is 2. The molecular weight excluding hydrogens is 326 g/mol. The van der Waals surface area contributed by atoms with Crippen LogP contribution in [0.2, 0.25) is 0 Å². The Kier molecular flexibility index (Phi) is 4.26. The van der Waals surface area contributed by atoms with Gasteiger partial charge in [-0.05, 0) is 18.1 Å². The lowest BCUT2D eigenvalue weighted by Crippen LogP contribution is -2.49. The number of hydrogen-bond acceptors (Lipinski definition) is 4. The quantitative estimate of drug-likeness (QED) is 0.721. The number of aliphatic carboxylic acids is 1. The third kappa shape index (κ3) is 3.23. The SMILES string of the molecule is Cc1[nH]c(=O)[nH]c(=O)c1CC(=O)N1Cc2ccccc2CC1C(=O)O. The van der Waals surface area contributed by atoms with Crippen LogP contribution in [-0.4, -0.2) is 37.9 Å². The molecule has 2 aromatic rings. The van der Waals surface area contributed by atoms with E-state index in [1.54, 1.807) is 0 Å². The zero-order chi connectivity index (χ0) is 18.1. The fourth-order valence-electron chi connectivity index (χ4n) is 3.10. The van der Waals surface area contributed by atoms with E-state index < -0.39 is 29.2 Å². The number of carbonyl (C=O) groups excluding carboxylic acids is 1. The van der Waals surface area contributed by atoms with Gasteiger partial charge in [0.25, 0.3) is 5.56 Å². The highest BCUT2D eigenvalue weighted by Crippen LogP contribution is 2.24. The van der Waals surface area contributed by atoms with E-state index in [4.69, 9.17) is 0 Å². The topological polar surface area (TPSA) is 123 Å². The van der Waals surface area contributed by atoms with Crippen molar-refractivity contribution >= 4 is 11.9 Å². The number of nitrogens with one attached hydrogen (secondary N) is 2. The Bertz CT molecular complexity index is 959. The Morgan fingerprint density at radius 1 is 1.20 bits per heavy atom. The van der Waals surface area contributed by atoms with Crippen LogP contribution in [0, 0.1) is 6.92 Å². The van der Waals surface area contributed by atoms with Gasteiger partial charge in [-0.1, -0.05) is 24.3 Å². The van der Waals surface area contributed by atoms with Crippen molar-refractivity contribution in [3.05, 3.63) is 67.5 Å². The van der Waals surface area contributed by atoms with Gasteiger partial charge < -0.3 is 15.0 Å². The highest BCUT2D eigenvalue weighted by atomic mass is 16.4. The van der Waals surface area contributed by atoms with E-state index in [0.717, 1.165) is 11.1 Å². The Morgan fingerprint density at radius 3 is 2.52 bits per heavy atom. The van der Waals surface area contributed by atoms with Crippen LogP contribution < -0.4 is 11.2 Å². The summed E-state index contributed by atoms with van der Waals surface area (Å²) in [5, 5.41) is 9.49. The van der Waals surface area contributed by atoms with Gasteiger partial charge in [-0.25, -0.2) is 9.59 Å². The van der Waals surface area contributed by atoms with Gasteiger partial charge in [0, 0.05) is 24.2 Å². The van der Waals surface area contributed by atoms with Crippen LogP contribution >= 0.6 is 0 Å². The predicted octanol–water partition coefficient (Wildman–Crippen LogP) is -0.0478. The molecule has 0 saturated carbocycles. The van der Waals surface area contributed by atoms with Crippen LogP contribution in [0.25, 0.3) is 0 Å². The highest BCUT2D eigenvalue weighted by Gasteiger charge is 2.34. The molecule has 0 bridgehead atoms. The van der Waals surface area contributed by atoms with Crippen molar-refractivity contribution in [1.82, 2.24) is 14.9 Å². The minimum atomic E-state index is -1.09. The van der Waals surface area contributed by atoms with Crippen LogP contribution in [0.3, 0.4) is 0 Å². The zero-order valence-electron chi connectivity index (χ0n) is 13.5. The number of fused-ring (bicyclic) bond motifs is 1. The summed E-state index contributed by atoms with van der Waals surface area (Å²) in [4.78, 5) is 53.3. The smallest absolute Gasteiger partial charge is 0.326 e. The maximum atomic E-state index is 12.7. The first kappa shape index (κ1) is 16.7. The molecule has 1 unspecified atom stereocenters. The second kappa shape index (κ2) is 6.39. The average molecular weight is 343 g/mol. The molecule has 0 saturated heterocycles. The van der Waals surface area contributed by atoms with Crippen molar-refractivity contribution < 1.29 is 14.7 Å². The Balaban J connectivity index is 1.92. The summed E-state index contributed by atoms with van der Waals surface area (Å²) in [6.07, 6.45) is -0.0535. The molecular formula is C17H17N3O5. The molecule has 8 heteroatoms. The molecule has 25 heavy (non-hydrogen) atoms. The standard InChI is InChI=1S/C17H17N3O5/c1-9-12(15(22)19-17(25)18-9)7-14(21)20-8-11-5-3-2-4-10(11)6-13(20)16(23)24/h2-5,13H,6-8H2,1H3,(H,23,24)(H2,18,19,22,25). The van der Waals surface area contributed by atoms with Crippen LogP contribution in [-0.2, 0) is 29.0 Å². The molecule has 0 fully saturated rings. The third-order valence-corrected chi connectivity index (χ3v) is 4.44. The van der Waals surface area contributed by atoms with Crippen molar-refractivity contribution in [3.63, 3.8) is 0 Å². The molecule has 3 rings (SSSR count). The first-order chi connectivity index (χ1) is 11.9. The zero-order valence-corrected chi connectivity index (χ0v) is 13.5. The van der Waals surface area contributed by atoms with Crippen LogP contribution in [0.1, 0.15) is 22.4 Å². The van der Waals surface area contributed by atoms with Gasteiger partial charge in [-0.15, -0.1) is 0 Å². The summed E-state index contributed by atoms with van der Waals surface area (Å²) in [6, 6.07) is 6.39. The number of aromatic amines is 2. The van der Waals surface area contributed by atoms with Crippen molar-refractivity contribution in [2.45, 2.75) is 32.4 Å². The van der Waals surface area contributed by atoms with Gasteiger partial charge in [0.15, 0.2) is 0 Å². The first-order valence-electron chi connectivity index (χ1n) is 7.78. The molecule has 1 aliphatic heterocycles. The Labute approximate surface area is 142 Å². The summed E-state index contributed by atoms with van der Waals surface area (Å²) in [7, 11) is 0. The van der Waals surface area contributed by atoms with Gasteiger partial charge in [-0.2, -0.15) is 0 Å². The number of H-pyrrole nitrogens is 2. The number of amides is 1. The van der Waals surface area contributed by atoms with Gasteiger partial charge in [0.05, 0.1) is 6.42 Å². The lowest BCUT2D eigenvalue weighted by Gasteiger charge is -2.34. The largest absolute Gasteiger partial charge is 0.480 e. The second-order valence-corrected chi connectivity index (χ2v) is 6.04. The lowest BCUT2D eigenvalue weighted by molar-refractivity contribution is -0.151.